The molecule has 1 aliphatic carbocycles. The van der Waals surface area contributed by atoms with Crippen LogP contribution in [0.4, 0.5) is 0 Å². The molecule has 7 nitrogen and oxygen atoms in total. The van der Waals surface area contributed by atoms with Gasteiger partial charge in [-0.1, -0.05) is 31.0 Å². The largest absolute Gasteiger partial charge is 0.496 e. The van der Waals surface area contributed by atoms with E-state index in [9.17, 15) is 9.59 Å². The SMILES string of the molecule is COc1ccccc1[C@@H]1C2=C(CNC2=O)N(C)[C@@H]2CCCC[C@H]2N1C(=O)CCc1ccco1. The predicted octanol–water partition coefficient (Wildman–Crippen LogP) is 3.43. The third-order valence-corrected chi connectivity index (χ3v) is 7.38. The van der Waals surface area contributed by atoms with Crippen molar-refractivity contribution in [1.29, 1.82) is 0 Å². The molecule has 3 heterocycles. The number of ether oxygens (including phenoxy) is 1. The molecule has 0 unspecified atom stereocenters. The highest BCUT2D eigenvalue weighted by molar-refractivity contribution is 5.99. The van der Waals surface area contributed by atoms with Gasteiger partial charge < -0.3 is 24.3 Å². The average Bonchev–Trinajstić information content (AvgIpc) is 3.48. The number of rotatable bonds is 5. The van der Waals surface area contributed by atoms with Gasteiger partial charge in [0.05, 0.1) is 37.6 Å². The van der Waals surface area contributed by atoms with Gasteiger partial charge in [-0.3, -0.25) is 9.59 Å². The number of para-hydroxylation sites is 1. The van der Waals surface area contributed by atoms with E-state index in [4.69, 9.17) is 9.15 Å². The molecule has 0 bridgehead atoms. The molecule has 1 aromatic heterocycles. The molecule has 0 spiro atoms. The smallest absolute Gasteiger partial charge is 0.251 e. The van der Waals surface area contributed by atoms with Gasteiger partial charge in [-0.15, -0.1) is 0 Å². The number of likely N-dealkylation sites (N-methyl/N-ethyl adjacent to an activating group) is 1. The molecule has 33 heavy (non-hydrogen) atoms. The van der Waals surface area contributed by atoms with E-state index in [-0.39, 0.29) is 23.9 Å². The molecule has 0 saturated heterocycles. The maximum absolute atomic E-state index is 14.0. The van der Waals surface area contributed by atoms with Crippen molar-refractivity contribution < 1.29 is 18.7 Å². The van der Waals surface area contributed by atoms with Gasteiger partial charge in [0.15, 0.2) is 0 Å². The maximum Gasteiger partial charge on any atom is 0.251 e. The van der Waals surface area contributed by atoms with Crippen LogP contribution in [0.5, 0.6) is 5.75 Å². The summed E-state index contributed by atoms with van der Waals surface area (Å²) in [6.45, 7) is 0.494. The van der Waals surface area contributed by atoms with E-state index in [1.54, 1.807) is 13.4 Å². The summed E-state index contributed by atoms with van der Waals surface area (Å²) < 4.78 is 11.2. The number of furan rings is 1. The van der Waals surface area contributed by atoms with Crippen LogP contribution in [0.25, 0.3) is 0 Å². The van der Waals surface area contributed by atoms with Crippen molar-refractivity contribution in [2.75, 3.05) is 20.7 Å². The molecule has 7 heteroatoms. The van der Waals surface area contributed by atoms with Crippen LogP contribution in [-0.2, 0) is 16.0 Å². The van der Waals surface area contributed by atoms with Crippen molar-refractivity contribution in [3.63, 3.8) is 0 Å². The first kappa shape index (κ1) is 21.6. The molecule has 3 atom stereocenters. The zero-order valence-corrected chi connectivity index (χ0v) is 19.3. The molecular weight excluding hydrogens is 418 g/mol. The quantitative estimate of drug-likeness (QED) is 0.757. The van der Waals surface area contributed by atoms with Crippen molar-refractivity contribution >= 4 is 11.8 Å². The van der Waals surface area contributed by atoms with Gasteiger partial charge >= 0.3 is 0 Å². The number of fused-ring (bicyclic) bond motifs is 1. The number of methoxy groups -OCH3 is 1. The molecule has 2 aliphatic heterocycles. The molecule has 1 N–H and O–H groups in total. The molecule has 2 amide bonds. The maximum atomic E-state index is 14.0. The van der Waals surface area contributed by atoms with Crippen LogP contribution in [-0.4, -0.2) is 54.4 Å². The first-order valence-electron chi connectivity index (χ1n) is 11.8. The monoisotopic (exact) mass is 449 g/mol. The van der Waals surface area contributed by atoms with Gasteiger partial charge in [0, 0.05) is 37.2 Å². The molecule has 2 aromatic rings. The van der Waals surface area contributed by atoms with Crippen LogP contribution in [0.1, 0.15) is 49.5 Å². The van der Waals surface area contributed by atoms with Crippen LogP contribution in [0.15, 0.2) is 58.3 Å². The van der Waals surface area contributed by atoms with E-state index >= 15 is 0 Å². The average molecular weight is 450 g/mol. The Hall–Kier alpha value is -3.22. The van der Waals surface area contributed by atoms with Crippen LogP contribution >= 0.6 is 0 Å². The third kappa shape index (κ3) is 3.79. The van der Waals surface area contributed by atoms with Crippen molar-refractivity contribution in [2.24, 2.45) is 0 Å². The van der Waals surface area contributed by atoms with Gasteiger partial charge in [-0.25, -0.2) is 0 Å². The summed E-state index contributed by atoms with van der Waals surface area (Å²) in [4.78, 5) is 31.4. The van der Waals surface area contributed by atoms with E-state index in [2.05, 4.69) is 17.3 Å². The zero-order valence-electron chi connectivity index (χ0n) is 19.3. The topological polar surface area (TPSA) is 75.0 Å². The molecule has 1 saturated carbocycles. The number of carbonyl (C=O) groups is 2. The Kier molecular flexibility index (Phi) is 5.87. The molecule has 1 fully saturated rings. The number of benzene rings is 1. The van der Waals surface area contributed by atoms with E-state index in [0.717, 1.165) is 42.7 Å². The van der Waals surface area contributed by atoms with Gasteiger partial charge in [0.1, 0.15) is 11.5 Å². The summed E-state index contributed by atoms with van der Waals surface area (Å²) >= 11 is 0. The number of amides is 2. The number of hydrogen-bond donors (Lipinski definition) is 1. The standard InChI is InChI=1S/C26H31N3O4/c1-28-19-10-4-5-11-20(19)29(23(30)14-13-17-8-7-15-33-17)25(24-21(28)16-27-26(24)31)18-9-3-6-12-22(18)32-2/h3,6-9,12,15,19-20,25H,4-5,10-11,13-14,16H2,1-2H3,(H,27,31)/t19-,20-,25-/m1/s1. The Morgan fingerprint density at radius 1 is 1.15 bits per heavy atom. The Bertz CT molecular complexity index is 1060. The Morgan fingerprint density at radius 2 is 1.94 bits per heavy atom. The lowest BCUT2D eigenvalue weighted by atomic mass is 9.86. The summed E-state index contributed by atoms with van der Waals surface area (Å²) in [6.07, 6.45) is 6.63. The van der Waals surface area contributed by atoms with E-state index in [1.807, 2.05) is 41.3 Å². The molecule has 174 valence electrons. The van der Waals surface area contributed by atoms with Crippen molar-refractivity contribution in [1.82, 2.24) is 15.1 Å². The number of aryl methyl sites for hydroxylation is 1. The number of nitrogens with one attached hydrogen (secondary N) is 1. The highest BCUT2D eigenvalue weighted by Gasteiger charge is 2.48. The van der Waals surface area contributed by atoms with Gasteiger partial charge in [-0.05, 0) is 31.0 Å². The van der Waals surface area contributed by atoms with Crippen LogP contribution < -0.4 is 10.1 Å². The highest BCUT2D eigenvalue weighted by atomic mass is 16.5. The van der Waals surface area contributed by atoms with Crippen LogP contribution in [0.2, 0.25) is 0 Å². The van der Waals surface area contributed by atoms with Crippen molar-refractivity contribution in [3.05, 3.63) is 65.3 Å². The Balaban J connectivity index is 1.64. The minimum absolute atomic E-state index is 0.0289. The molecule has 3 aliphatic rings. The number of nitrogens with zero attached hydrogens (tertiary/aromatic N) is 2. The molecular formula is C26H31N3O4. The van der Waals surface area contributed by atoms with E-state index in [1.165, 1.54) is 0 Å². The van der Waals surface area contributed by atoms with E-state index < -0.39 is 6.04 Å². The summed E-state index contributed by atoms with van der Waals surface area (Å²) in [7, 11) is 3.72. The summed E-state index contributed by atoms with van der Waals surface area (Å²) in [5, 5.41) is 3.02. The number of carbonyl (C=O) groups excluding carboxylic acids is 2. The van der Waals surface area contributed by atoms with Gasteiger partial charge in [0.25, 0.3) is 5.91 Å². The Labute approximate surface area is 194 Å². The van der Waals surface area contributed by atoms with Gasteiger partial charge in [-0.2, -0.15) is 0 Å². The van der Waals surface area contributed by atoms with Crippen LogP contribution in [0.3, 0.4) is 0 Å². The first-order valence-corrected chi connectivity index (χ1v) is 11.8. The second-order valence-electron chi connectivity index (χ2n) is 9.10. The number of hydrogen-bond acceptors (Lipinski definition) is 5. The first-order chi connectivity index (χ1) is 16.1. The van der Waals surface area contributed by atoms with E-state index in [0.29, 0.717) is 30.7 Å². The molecule has 1 aromatic carbocycles. The van der Waals surface area contributed by atoms with Crippen LogP contribution in [0, 0.1) is 0 Å². The predicted molar refractivity (Wildman–Crippen MR) is 123 cm³/mol. The van der Waals surface area contributed by atoms with Crippen molar-refractivity contribution in [2.45, 2.75) is 56.7 Å². The zero-order chi connectivity index (χ0) is 22.9. The lowest BCUT2D eigenvalue weighted by Gasteiger charge is -2.45. The summed E-state index contributed by atoms with van der Waals surface area (Å²) in [6, 6.07) is 11.2. The summed E-state index contributed by atoms with van der Waals surface area (Å²) in [5.74, 6) is 1.42. The molecule has 0 radical (unpaired) electrons. The fraction of sp³-hybridized carbons (Fsp3) is 0.462. The lowest BCUT2D eigenvalue weighted by Crippen LogP contribution is -2.54. The van der Waals surface area contributed by atoms with Crippen molar-refractivity contribution in [3.8, 4) is 5.75 Å². The molecule has 5 rings (SSSR count). The fourth-order valence-electron chi connectivity index (χ4n) is 5.82. The lowest BCUT2D eigenvalue weighted by molar-refractivity contribution is -0.138. The third-order valence-electron chi connectivity index (χ3n) is 7.38. The van der Waals surface area contributed by atoms with Gasteiger partial charge in [0.2, 0.25) is 5.91 Å². The Morgan fingerprint density at radius 3 is 2.70 bits per heavy atom. The second-order valence-corrected chi connectivity index (χ2v) is 9.10. The second kappa shape index (κ2) is 8.96. The fourth-order valence-corrected chi connectivity index (χ4v) is 5.82. The minimum Gasteiger partial charge on any atom is -0.496 e. The summed E-state index contributed by atoms with van der Waals surface area (Å²) in [5.41, 5.74) is 2.52. The highest BCUT2D eigenvalue weighted by Crippen LogP contribution is 2.45. The normalized spacial score (nSPS) is 24.8. The minimum atomic E-state index is -0.488.